The van der Waals surface area contributed by atoms with Crippen molar-refractivity contribution in [3.05, 3.63) is 94.7 Å². The summed E-state index contributed by atoms with van der Waals surface area (Å²) in [4.78, 5) is 47.9. The number of likely N-dealkylation sites (N-methyl/N-ethyl adjacent to an activating group) is 1. The Morgan fingerprint density at radius 1 is 1.20 bits per heavy atom. The summed E-state index contributed by atoms with van der Waals surface area (Å²) in [6, 6.07) is 11.1. The van der Waals surface area contributed by atoms with Crippen molar-refractivity contribution in [1.82, 2.24) is 9.47 Å². The molecule has 0 radical (unpaired) electrons. The van der Waals surface area contributed by atoms with E-state index in [-0.39, 0.29) is 23.4 Å². The Balaban J connectivity index is 1.72. The summed E-state index contributed by atoms with van der Waals surface area (Å²) in [5.41, 5.74) is 2.28. The van der Waals surface area contributed by atoms with E-state index < -0.39 is 16.9 Å². The molecule has 0 N–H and O–H groups in total. The van der Waals surface area contributed by atoms with Gasteiger partial charge in [0.25, 0.3) is 11.2 Å². The number of para-hydroxylation sites is 1. The third-order valence-electron chi connectivity index (χ3n) is 7.30. The highest BCUT2D eigenvalue weighted by Gasteiger charge is 2.35. The number of piperazine rings is 1. The molecule has 0 unspecified atom stereocenters. The zero-order valence-corrected chi connectivity index (χ0v) is 24.1. The fraction of sp³-hybridized carbons (Fsp3) is 0.345. The highest BCUT2D eigenvalue weighted by atomic mass is 32.1. The lowest BCUT2D eigenvalue weighted by molar-refractivity contribution is -0.384. The quantitative estimate of drug-likeness (QED) is 0.239. The van der Waals surface area contributed by atoms with Crippen LogP contribution in [0.15, 0.2) is 63.5 Å². The second-order valence-corrected chi connectivity index (χ2v) is 10.8. The van der Waals surface area contributed by atoms with Crippen LogP contribution in [0.2, 0.25) is 0 Å². The standard InChI is InChI=1S/C29H31N5O6S/c1-5-40-28(36)25-18(2)30-29-33(26(25)21-8-6-7-9-23(21)39-4)27(35)24(41-29)17-19-16-20(34(37)38)10-11-22(19)32-14-12-31(3)13-15-32/h6-11,16-17,26H,5,12-15H2,1-4H3/t26-/m0/s1. The number of aromatic nitrogens is 1. The molecule has 0 aliphatic carbocycles. The van der Waals surface area contributed by atoms with Gasteiger partial charge in [-0.15, -0.1) is 0 Å². The van der Waals surface area contributed by atoms with Crippen molar-refractivity contribution in [2.45, 2.75) is 19.9 Å². The van der Waals surface area contributed by atoms with Gasteiger partial charge in [0.15, 0.2) is 4.80 Å². The molecule has 2 aliphatic rings. The van der Waals surface area contributed by atoms with E-state index in [1.54, 1.807) is 32.1 Å². The molecular formula is C29H31N5O6S. The summed E-state index contributed by atoms with van der Waals surface area (Å²) in [7, 11) is 3.59. The third kappa shape index (κ3) is 5.40. The van der Waals surface area contributed by atoms with E-state index in [4.69, 9.17) is 9.47 Å². The van der Waals surface area contributed by atoms with E-state index in [2.05, 4.69) is 21.8 Å². The molecule has 0 amide bonds. The molecule has 0 spiro atoms. The first-order valence-corrected chi connectivity index (χ1v) is 14.1. The molecule has 2 aromatic carbocycles. The number of nitrogens with zero attached hydrogens (tertiary/aromatic N) is 5. The molecule has 1 atom stereocenters. The number of non-ortho nitro benzene ring substituents is 1. The summed E-state index contributed by atoms with van der Waals surface area (Å²) in [5.74, 6) is -0.0467. The molecule has 214 valence electrons. The molecule has 3 aromatic rings. The predicted molar refractivity (Wildman–Crippen MR) is 156 cm³/mol. The lowest BCUT2D eigenvalue weighted by Crippen LogP contribution is -2.44. The number of carbonyl (C=O) groups is 1. The zero-order chi connectivity index (χ0) is 29.3. The number of benzene rings is 2. The maximum Gasteiger partial charge on any atom is 0.338 e. The van der Waals surface area contributed by atoms with Crippen LogP contribution >= 0.6 is 11.3 Å². The Labute approximate surface area is 240 Å². The van der Waals surface area contributed by atoms with Gasteiger partial charge in [-0.1, -0.05) is 29.5 Å². The number of hydrogen-bond donors (Lipinski definition) is 0. The number of nitro groups is 1. The van der Waals surface area contributed by atoms with Gasteiger partial charge in [-0.25, -0.2) is 9.79 Å². The maximum absolute atomic E-state index is 14.1. The van der Waals surface area contributed by atoms with Gasteiger partial charge in [-0.3, -0.25) is 19.5 Å². The van der Waals surface area contributed by atoms with Gasteiger partial charge in [-0.2, -0.15) is 0 Å². The second-order valence-electron chi connectivity index (χ2n) is 9.83. The summed E-state index contributed by atoms with van der Waals surface area (Å²) in [6.45, 7) is 6.83. The summed E-state index contributed by atoms with van der Waals surface area (Å²) in [5, 5.41) is 11.6. The Morgan fingerprint density at radius 3 is 2.61 bits per heavy atom. The Morgan fingerprint density at radius 2 is 1.93 bits per heavy atom. The van der Waals surface area contributed by atoms with Crippen LogP contribution in [0.4, 0.5) is 11.4 Å². The molecule has 12 heteroatoms. The van der Waals surface area contributed by atoms with E-state index in [9.17, 15) is 19.7 Å². The largest absolute Gasteiger partial charge is 0.496 e. The van der Waals surface area contributed by atoms with Crippen molar-refractivity contribution in [3.8, 4) is 5.75 Å². The van der Waals surface area contributed by atoms with E-state index >= 15 is 0 Å². The van der Waals surface area contributed by atoms with Crippen molar-refractivity contribution in [3.63, 3.8) is 0 Å². The van der Waals surface area contributed by atoms with Crippen LogP contribution in [-0.2, 0) is 9.53 Å². The van der Waals surface area contributed by atoms with Crippen LogP contribution in [0, 0.1) is 10.1 Å². The van der Waals surface area contributed by atoms with E-state index in [1.165, 1.54) is 35.1 Å². The zero-order valence-electron chi connectivity index (χ0n) is 23.3. The lowest BCUT2D eigenvalue weighted by atomic mass is 9.95. The molecule has 0 bridgehead atoms. The number of hydrogen-bond acceptors (Lipinski definition) is 10. The van der Waals surface area contributed by atoms with Gasteiger partial charge >= 0.3 is 5.97 Å². The molecule has 0 saturated carbocycles. The molecule has 11 nitrogen and oxygen atoms in total. The Kier molecular flexibility index (Phi) is 8.04. The van der Waals surface area contributed by atoms with Crippen molar-refractivity contribution in [2.24, 2.45) is 4.99 Å². The first-order valence-electron chi connectivity index (χ1n) is 13.3. The predicted octanol–water partition coefficient (Wildman–Crippen LogP) is 2.47. The third-order valence-corrected chi connectivity index (χ3v) is 8.29. The van der Waals surface area contributed by atoms with Crippen molar-refractivity contribution >= 4 is 34.8 Å². The maximum atomic E-state index is 14.1. The minimum absolute atomic E-state index is 0.0609. The summed E-state index contributed by atoms with van der Waals surface area (Å²) < 4.78 is 12.8. The van der Waals surface area contributed by atoms with Gasteiger partial charge in [0.1, 0.15) is 11.8 Å². The highest BCUT2D eigenvalue weighted by Crippen LogP contribution is 2.35. The van der Waals surface area contributed by atoms with Gasteiger partial charge in [0.2, 0.25) is 0 Å². The van der Waals surface area contributed by atoms with E-state index in [0.29, 0.717) is 31.9 Å². The Hall–Kier alpha value is -4.29. The lowest BCUT2D eigenvalue weighted by Gasteiger charge is -2.34. The van der Waals surface area contributed by atoms with Crippen molar-refractivity contribution < 1.29 is 19.2 Å². The SMILES string of the molecule is CCOC(=O)C1=C(C)N=c2sc(=Cc3cc([N+](=O)[O-])ccc3N3CCN(C)CC3)c(=O)n2[C@H]1c1ccccc1OC. The molecule has 41 heavy (non-hydrogen) atoms. The normalized spacial score (nSPS) is 17.7. The fourth-order valence-corrected chi connectivity index (χ4v) is 6.26. The molecule has 1 fully saturated rings. The van der Waals surface area contributed by atoms with Crippen LogP contribution in [-0.4, -0.2) is 67.3 Å². The number of allylic oxidation sites excluding steroid dienone is 1. The first-order chi connectivity index (χ1) is 19.7. The monoisotopic (exact) mass is 577 g/mol. The Bertz CT molecular complexity index is 1720. The number of ether oxygens (including phenoxy) is 2. The number of rotatable bonds is 7. The van der Waals surface area contributed by atoms with Gasteiger partial charge < -0.3 is 19.3 Å². The molecule has 1 aromatic heterocycles. The minimum atomic E-state index is -0.828. The smallest absolute Gasteiger partial charge is 0.338 e. The first kappa shape index (κ1) is 28.2. The average molecular weight is 578 g/mol. The summed E-state index contributed by atoms with van der Waals surface area (Å²) >= 11 is 1.17. The van der Waals surface area contributed by atoms with Gasteiger partial charge in [0, 0.05) is 55.1 Å². The fourth-order valence-electron chi connectivity index (χ4n) is 5.23. The minimum Gasteiger partial charge on any atom is -0.496 e. The highest BCUT2D eigenvalue weighted by molar-refractivity contribution is 7.07. The number of carbonyl (C=O) groups excluding carboxylic acids is 1. The van der Waals surface area contributed by atoms with Crippen LogP contribution in [0.1, 0.15) is 31.0 Å². The molecule has 1 saturated heterocycles. The topological polar surface area (TPSA) is 120 Å². The number of methoxy groups -OCH3 is 1. The number of esters is 1. The number of nitro benzene ring substituents is 1. The van der Waals surface area contributed by atoms with Gasteiger partial charge in [-0.05, 0) is 39.1 Å². The van der Waals surface area contributed by atoms with E-state index in [1.807, 2.05) is 18.2 Å². The second kappa shape index (κ2) is 11.7. The molecule has 2 aliphatic heterocycles. The molecule has 3 heterocycles. The number of anilines is 1. The molecular weight excluding hydrogens is 546 g/mol. The number of thiazole rings is 1. The van der Waals surface area contributed by atoms with Gasteiger partial charge in [0.05, 0.1) is 34.4 Å². The van der Waals surface area contributed by atoms with E-state index in [0.717, 1.165) is 31.9 Å². The molecule has 5 rings (SSSR count). The van der Waals surface area contributed by atoms with Crippen LogP contribution in [0.3, 0.4) is 0 Å². The average Bonchev–Trinajstić information content (AvgIpc) is 3.26. The van der Waals surface area contributed by atoms with Crippen molar-refractivity contribution in [2.75, 3.05) is 51.8 Å². The summed E-state index contributed by atoms with van der Waals surface area (Å²) in [6.07, 6.45) is 1.69. The van der Waals surface area contributed by atoms with Crippen molar-refractivity contribution in [1.29, 1.82) is 0 Å². The van der Waals surface area contributed by atoms with Crippen LogP contribution < -0.4 is 24.5 Å². The number of fused-ring (bicyclic) bond motifs is 1. The van der Waals surface area contributed by atoms with Crippen LogP contribution in [0.5, 0.6) is 5.75 Å². The van der Waals surface area contributed by atoms with Crippen LogP contribution in [0.25, 0.3) is 6.08 Å².